The van der Waals surface area contributed by atoms with Gasteiger partial charge in [-0.05, 0) is 26.0 Å². The highest BCUT2D eigenvalue weighted by molar-refractivity contribution is 5.85. The standard InChI is InChI=1S/C19H27N3O4/c1-19(2,26-16-6-4-3-5-7-16)17(23)20-8-10-21(11-9-20)18(24)22-12-14-25-15-13-22/h3-7H,8-15H2,1-2H3. The first-order valence-electron chi connectivity index (χ1n) is 9.12. The lowest BCUT2D eigenvalue weighted by molar-refractivity contribution is -0.147. The van der Waals surface area contributed by atoms with Gasteiger partial charge in [-0.1, -0.05) is 18.2 Å². The highest BCUT2D eigenvalue weighted by Crippen LogP contribution is 2.21. The third-order valence-corrected chi connectivity index (χ3v) is 4.75. The molecule has 2 aliphatic rings. The molecule has 1 aromatic rings. The van der Waals surface area contributed by atoms with E-state index >= 15 is 0 Å². The zero-order valence-corrected chi connectivity index (χ0v) is 15.5. The van der Waals surface area contributed by atoms with Gasteiger partial charge < -0.3 is 24.2 Å². The number of carbonyl (C=O) groups excluding carboxylic acids is 2. The first-order valence-corrected chi connectivity index (χ1v) is 9.12. The Bertz CT molecular complexity index is 621. The topological polar surface area (TPSA) is 62.3 Å². The van der Waals surface area contributed by atoms with Gasteiger partial charge in [-0.25, -0.2) is 4.79 Å². The number of carbonyl (C=O) groups is 2. The van der Waals surface area contributed by atoms with E-state index in [1.807, 2.05) is 40.1 Å². The molecule has 0 aliphatic carbocycles. The van der Waals surface area contributed by atoms with Crippen molar-refractivity contribution in [3.63, 3.8) is 0 Å². The van der Waals surface area contributed by atoms with Gasteiger partial charge in [0.25, 0.3) is 5.91 Å². The summed E-state index contributed by atoms with van der Waals surface area (Å²) >= 11 is 0. The number of para-hydroxylation sites is 1. The molecule has 0 saturated carbocycles. The monoisotopic (exact) mass is 361 g/mol. The molecule has 3 amide bonds. The molecule has 142 valence electrons. The number of amides is 3. The number of hydrogen-bond acceptors (Lipinski definition) is 4. The van der Waals surface area contributed by atoms with Gasteiger partial charge in [0, 0.05) is 39.3 Å². The third-order valence-electron chi connectivity index (χ3n) is 4.75. The molecule has 0 aromatic heterocycles. The Balaban J connectivity index is 1.53. The summed E-state index contributed by atoms with van der Waals surface area (Å²) in [7, 11) is 0. The van der Waals surface area contributed by atoms with Crippen LogP contribution in [-0.4, -0.2) is 84.7 Å². The summed E-state index contributed by atoms with van der Waals surface area (Å²) in [6.07, 6.45) is 0. The Morgan fingerprint density at radius 1 is 0.885 bits per heavy atom. The number of urea groups is 1. The molecule has 26 heavy (non-hydrogen) atoms. The Morgan fingerprint density at radius 3 is 2.04 bits per heavy atom. The number of nitrogens with zero attached hydrogens (tertiary/aromatic N) is 3. The number of hydrogen-bond donors (Lipinski definition) is 0. The predicted molar refractivity (Wildman–Crippen MR) is 97.1 cm³/mol. The van der Waals surface area contributed by atoms with E-state index in [2.05, 4.69) is 0 Å². The SMILES string of the molecule is CC(C)(Oc1ccccc1)C(=O)N1CCN(C(=O)N2CCOCC2)CC1. The minimum Gasteiger partial charge on any atom is -0.478 e. The van der Waals surface area contributed by atoms with Crippen LogP contribution >= 0.6 is 0 Å². The molecule has 3 rings (SSSR count). The number of benzene rings is 1. The highest BCUT2D eigenvalue weighted by atomic mass is 16.5. The van der Waals surface area contributed by atoms with Gasteiger partial charge in [-0.3, -0.25) is 4.79 Å². The van der Waals surface area contributed by atoms with Crippen LogP contribution in [0.2, 0.25) is 0 Å². The summed E-state index contributed by atoms with van der Waals surface area (Å²) in [4.78, 5) is 30.8. The van der Waals surface area contributed by atoms with Crippen molar-refractivity contribution in [3.8, 4) is 5.75 Å². The van der Waals surface area contributed by atoms with E-state index in [-0.39, 0.29) is 11.9 Å². The number of morpholine rings is 1. The average molecular weight is 361 g/mol. The van der Waals surface area contributed by atoms with Gasteiger partial charge in [0.2, 0.25) is 0 Å². The maximum absolute atomic E-state index is 12.9. The molecule has 2 fully saturated rings. The van der Waals surface area contributed by atoms with Gasteiger partial charge in [0.05, 0.1) is 13.2 Å². The van der Waals surface area contributed by atoms with Crippen molar-refractivity contribution in [2.45, 2.75) is 19.4 Å². The number of piperazine rings is 1. The summed E-state index contributed by atoms with van der Waals surface area (Å²) in [5, 5.41) is 0. The first-order chi connectivity index (χ1) is 12.5. The van der Waals surface area contributed by atoms with Gasteiger partial charge in [0.1, 0.15) is 5.75 Å². The molecule has 0 spiro atoms. The molecule has 0 unspecified atom stereocenters. The average Bonchev–Trinajstić information content (AvgIpc) is 2.68. The number of ether oxygens (including phenoxy) is 2. The van der Waals surface area contributed by atoms with Gasteiger partial charge >= 0.3 is 6.03 Å². The molecule has 0 atom stereocenters. The van der Waals surface area contributed by atoms with E-state index in [0.29, 0.717) is 58.2 Å². The normalized spacial score (nSPS) is 18.6. The lowest BCUT2D eigenvalue weighted by atomic mass is 10.1. The van der Waals surface area contributed by atoms with Crippen LogP contribution in [0.25, 0.3) is 0 Å². The molecule has 7 heteroatoms. The van der Waals surface area contributed by atoms with Crippen LogP contribution in [0.3, 0.4) is 0 Å². The smallest absolute Gasteiger partial charge is 0.320 e. The highest BCUT2D eigenvalue weighted by Gasteiger charge is 2.36. The molecule has 2 saturated heterocycles. The second-order valence-electron chi connectivity index (χ2n) is 7.09. The largest absolute Gasteiger partial charge is 0.478 e. The van der Waals surface area contributed by atoms with Crippen LogP contribution in [0.5, 0.6) is 5.75 Å². The van der Waals surface area contributed by atoms with E-state index in [9.17, 15) is 9.59 Å². The third kappa shape index (κ3) is 4.27. The minimum absolute atomic E-state index is 0.0418. The van der Waals surface area contributed by atoms with Crippen molar-refractivity contribution in [2.24, 2.45) is 0 Å². The van der Waals surface area contributed by atoms with Crippen LogP contribution in [0.1, 0.15) is 13.8 Å². The second kappa shape index (κ2) is 7.95. The molecule has 2 aliphatic heterocycles. The van der Waals surface area contributed by atoms with Crippen LogP contribution < -0.4 is 4.74 Å². The maximum Gasteiger partial charge on any atom is 0.320 e. The summed E-state index contributed by atoms with van der Waals surface area (Å²) in [5.41, 5.74) is -0.947. The first kappa shape index (κ1) is 18.5. The molecule has 2 heterocycles. The molecule has 1 aromatic carbocycles. The maximum atomic E-state index is 12.9. The molecule has 0 bridgehead atoms. The summed E-state index contributed by atoms with van der Waals surface area (Å²) in [6, 6.07) is 9.40. The Hall–Kier alpha value is -2.28. The molecule has 0 N–H and O–H groups in total. The van der Waals surface area contributed by atoms with Crippen LogP contribution in [0, 0.1) is 0 Å². The second-order valence-corrected chi connectivity index (χ2v) is 7.09. The summed E-state index contributed by atoms with van der Waals surface area (Å²) in [5.74, 6) is 0.617. The summed E-state index contributed by atoms with van der Waals surface area (Å²) in [6.45, 7) is 8.16. The summed E-state index contributed by atoms with van der Waals surface area (Å²) < 4.78 is 11.2. The molecule has 7 nitrogen and oxygen atoms in total. The molecular formula is C19H27N3O4. The lowest BCUT2D eigenvalue weighted by Crippen LogP contribution is -2.58. The molecular weight excluding hydrogens is 334 g/mol. The van der Waals surface area contributed by atoms with E-state index < -0.39 is 5.60 Å². The Kier molecular flexibility index (Phi) is 5.66. The minimum atomic E-state index is -0.947. The van der Waals surface area contributed by atoms with Gasteiger partial charge in [-0.15, -0.1) is 0 Å². The van der Waals surface area contributed by atoms with Gasteiger partial charge in [0.15, 0.2) is 5.60 Å². The van der Waals surface area contributed by atoms with Crippen LogP contribution in [0.15, 0.2) is 30.3 Å². The van der Waals surface area contributed by atoms with Crippen molar-refractivity contribution >= 4 is 11.9 Å². The van der Waals surface area contributed by atoms with Crippen molar-refractivity contribution in [1.29, 1.82) is 0 Å². The Morgan fingerprint density at radius 2 is 1.42 bits per heavy atom. The Labute approximate surface area is 154 Å². The lowest BCUT2D eigenvalue weighted by Gasteiger charge is -2.40. The fraction of sp³-hybridized carbons (Fsp3) is 0.579. The van der Waals surface area contributed by atoms with E-state index in [4.69, 9.17) is 9.47 Å². The van der Waals surface area contributed by atoms with Crippen molar-refractivity contribution in [1.82, 2.24) is 14.7 Å². The zero-order valence-electron chi connectivity index (χ0n) is 15.5. The van der Waals surface area contributed by atoms with E-state index in [1.54, 1.807) is 18.7 Å². The quantitative estimate of drug-likeness (QED) is 0.817. The molecule has 0 radical (unpaired) electrons. The number of rotatable bonds is 3. The van der Waals surface area contributed by atoms with E-state index in [0.717, 1.165) is 0 Å². The van der Waals surface area contributed by atoms with Gasteiger partial charge in [-0.2, -0.15) is 0 Å². The van der Waals surface area contributed by atoms with Crippen molar-refractivity contribution in [2.75, 3.05) is 52.5 Å². The van der Waals surface area contributed by atoms with Crippen molar-refractivity contribution < 1.29 is 19.1 Å². The predicted octanol–water partition coefficient (Wildman–Crippen LogP) is 1.44. The van der Waals surface area contributed by atoms with Crippen LogP contribution in [0.4, 0.5) is 4.79 Å². The zero-order chi connectivity index (χ0) is 18.6. The van der Waals surface area contributed by atoms with Crippen LogP contribution in [-0.2, 0) is 9.53 Å². The van der Waals surface area contributed by atoms with Crippen molar-refractivity contribution in [3.05, 3.63) is 30.3 Å². The van der Waals surface area contributed by atoms with E-state index in [1.165, 1.54) is 0 Å². The fourth-order valence-electron chi connectivity index (χ4n) is 3.26. The fourth-order valence-corrected chi connectivity index (χ4v) is 3.26.